The minimum Gasteiger partial charge on any atom is -0.496 e. The fourth-order valence-corrected chi connectivity index (χ4v) is 7.08. The quantitative estimate of drug-likeness (QED) is 0.427. The largest absolute Gasteiger partial charge is 0.496 e. The second-order valence-electron chi connectivity index (χ2n) is 7.29. The molecular formula is C27H25O4P. The van der Waals surface area contributed by atoms with E-state index in [0.717, 1.165) is 11.1 Å². The van der Waals surface area contributed by atoms with Crippen LogP contribution in [0, 0.1) is 0 Å². The van der Waals surface area contributed by atoms with E-state index in [1.807, 2.05) is 97.1 Å². The average molecular weight is 444 g/mol. The van der Waals surface area contributed by atoms with Crippen LogP contribution in [0.3, 0.4) is 0 Å². The van der Waals surface area contributed by atoms with Crippen molar-refractivity contribution in [2.75, 3.05) is 14.2 Å². The third kappa shape index (κ3) is 3.73. The number of ether oxygens (including phenoxy) is 2. The van der Waals surface area contributed by atoms with Crippen molar-refractivity contribution in [2.24, 2.45) is 0 Å². The van der Waals surface area contributed by atoms with Crippen LogP contribution in [0.2, 0.25) is 0 Å². The molecule has 0 aliphatic rings. The molecule has 162 valence electrons. The number of rotatable bonds is 7. The maximum absolute atomic E-state index is 15.2. The van der Waals surface area contributed by atoms with Gasteiger partial charge in [0.1, 0.15) is 11.5 Å². The highest BCUT2D eigenvalue weighted by atomic mass is 31.2. The van der Waals surface area contributed by atoms with Gasteiger partial charge in [0.05, 0.1) is 26.1 Å². The number of aliphatic hydroxyl groups is 1. The molecule has 0 bridgehead atoms. The maximum atomic E-state index is 15.2. The van der Waals surface area contributed by atoms with Gasteiger partial charge in [-0.2, -0.15) is 0 Å². The van der Waals surface area contributed by atoms with Crippen LogP contribution in [0.4, 0.5) is 0 Å². The standard InChI is InChI=1S/C27H25O4P/c1-30-23-15-7-9-18-26(23)32(29,21-12-4-3-5-13-21)25-17-8-6-14-22(25)27-20(19-28)11-10-16-24(27)31-2/h3-18,28H,19H2,1-2H3/t32-/m1/s1. The van der Waals surface area contributed by atoms with E-state index < -0.39 is 7.14 Å². The van der Waals surface area contributed by atoms with E-state index in [2.05, 4.69) is 0 Å². The van der Waals surface area contributed by atoms with Crippen molar-refractivity contribution in [1.82, 2.24) is 0 Å². The monoisotopic (exact) mass is 444 g/mol. The SMILES string of the molecule is COc1ccccc1[P@@](=O)(c1ccccc1)c1ccccc1-c1c(CO)cccc1OC. The summed E-state index contributed by atoms with van der Waals surface area (Å²) in [5.41, 5.74) is 2.20. The molecule has 0 spiro atoms. The van der Waals surface area contributed by atoms with Crippen molar-refractivity contribution in [3.63, 3.8) is 0 Å². The smallest absolute Gasteiger partial charge is 0.175 e. The van der Waals surface area contributed by atoms with E-state index in [1.165, 1.54) is 0 Å². The lowest BCUT2D eigenvalue weighted by Gasteiger charge is -2.25. The van der Waals surface area contributed by atoms with E-state index in [-0.39, 0.29) is 6.61 Å². The van der Waals surface area contributed by atoms with Gasteiger partial charge in [0, 0.05) is 16.2 Å². The minimum atomic E-state index is -3.36. The summed E-state index contributed by atoms with van der Waals surface area (Å²) in [5, 5.41) is 12.1. The van der Waals surface area contributed by atoms with E-state index in [4.69, 9.17) is 9.47 Å². The molecule has 5 heteroatoms. The Morgan fingerprint density at radius 2 is 1.28 bits per heavy atom. The topological polar surface area (TPSA) is 55.8 Å². The van der Waals surface area contributed by atoms with Crippen molar-refractivity contribution in [3.05, 3.63) is 103 Å². The molecule has 0 amide bonds. The molecule has 0 heterocycles. The first kappa shape index (κ1) is 21.9. The molecule has 0 radical (unpaired) electrons. The highest BCUT2D eigenvalue weighted by molar-refractivity contribution is 7.85. The number of aliphatic hydroxyl groups excluding tert-OH is 1. The van der Waals surface area contributed by atoms with Gasteiger partial charge in [0.2, 0.25) is 0 Å². The molecule has 1 N–H and O–H groups in total. The molecule has 32 heavy (non-hydrogen) atoms. The van der Waals surface area contributed by atoms with Gasteiger partial charge in [0.25, 0.3) is 0 Å². The molecule has 0 aromatic heterocycles. The summed E-state index contributed by atoms with van der Waals surface area (Å²) in [6.07, 6.45) is 0. The van der Waals surface area contributed by atoms with Crippen LogP contribution in [-0.4, -0.2) is 19.3 Å². The highest BCUT2D eigenvalue weighted by Gasteiger charge is 2.35. The molecule has 1 atom stereocenters. The Hall–Kier alpha value is -3.33. The molecule has 0 saturated carbocycles. The molecule has 0 aliphatic heterocycles. The van der Waals surface area contributed by atoms with Crippen molar-refractivity contribution in [2.45, 2.75) is 6.61 Å². The highest BCUT2D eigenvalue weighted by Crippen LogP contribution is 2.48. The van der Waals surface area contributed by atoms with Crippen molar-refractivity contribution in [1.29, 1.82) is 0 Å². The Labute approximate surface area is 188 Å². The van der Waals surface area contributed by atoms with Gasteiger partial charge < -0.3 is 19.1 Å². The van der Waals surface area contributed by atoms with Crippen LogP contribution in [0.25, 0.3) is 11.1 Å². The Bertz CT molecular complexity index is 1250. The van der Waals surface area contributed by atoms with Crippen molar-refractivity contribution >= 4 is 23.1 Å². The lowest BCUT2D eigenvalue weighted by atomic mass is 9.99. The molecule has 0 saturated heterocycles. The van der Waals surface area contributed by atoms with Gasteiger partial charge in [-0.05, 0) is 29.3 Å². The van der Waals surface area contributed by atoms with Crippen LogP contribution >= 0.6 is 7.14 Å². The molecule has 4 aromatic carbocycles. The second kappa shape index (κ2) is 9.44. The number of benzene rings is 4. The molecule has 4 aromatic rings. The van der Waals surface area contributed by atoms with Crippen molar-refractivity contribution in [3.8, 4) is 22.6 Å². The fourth-order valence-electron chi connectivity index (χ4n) is 4.08. The Morgan fingerprint density at radius 1 is 0.688 bits per heavy atom. The summed E-state index contributed by atoms with van der Waals surface area (Å²) in [6.45, 7) is -0.162. The van der Waals surface area contributed by atoms with Gasteiger partial charge in [-0.25, -0.2) is 0 Å². The first-order chi connectivity index (χ1) is 15.6. The number of hydrogen-bond acceptors (Lipinski definition) is 4. The summed E-state index contributed by atoms with van der Waals surface area (Å²) >= 11 is 0. The van der Waals surface area contributed by atoms with Crippen LogP contribution < -0.4 is 25.4 Å². The molecule has 4 rings (SSSR count). The average Bonchev–Trinajstić information content (AvgIpc) is 2.88. The van der Waals surface area contributed by atoms with E-state index in [0.29, 0.717) is 33.0 Å². The summed E-state index contributed by atoms with van der Waals surface area (Å²) in [5.74, 6) is 1.18. The third-order valence-electron chi connectivity index (χ3n) is 5.56. The summed E-state index contributed by atoms with van der Waals surface area (Å²) < 4.78 is 26.5. The van der Waals surface area contributed by atoms with E-state index in [9.17, 15) is 5.11 Å². The molecule has 0 aliphatic carbocycles. The first-order valence-corrected chi connectivity index (χ1v) is 12.0. The Balaban J connectivity index is 2.11. The normalized spacial score (nSPS) is 12.7. The van der Waals surface area contributed by atoms with Gasteiger partial charge in [-0.1, -0.05) is 78.9 Å². The van der Waals surface area contributed by atoms with Crippen LogP contribution in [-0.2, 0) is 11.2 Å². The third-order valence-corrected chi connectivity index (χ3v) is 8.70. The van der Waals surface area contributed by atoms with Gasteiger partial charge in [-0.15, -0.1) is 0 Å². The van der Waals surface area contributed by atoms with Crippen molar-refractivity contribution < 1.29 is 19.1 Å². The van der Waals surface area contributed by atoms with Crippen LogP contribution in [0.15, 0.2) is 97.1 Å². The van der Waals surface area contributed by atoms with E-state index in [1.54, 1.807) is 14.2 Å². The Kier molecular flexibility index (Phi) is 6.45. The zero-order valence-corrected chi connectivity index (χ0v) is 19.0. The maximum Gasteiger partial charge on any atom is 0.175 e. The lowest BCUT2D eigenvalue weighted by molar-refractivity contribution is 0.281. The summed E-state index contributed by atoms with van der Waals surface area (Å²) in [6, 6.07) is 30.1. The molecule has 0 fully saturated rings. The zero-order chi connectivity index (χ0) is 22.6. The number of para-hydroxylation sites is 1. The Morgan fingerprint density at radius 3 is 1.97 bits per heavy atom. The minimum absolute atomic E-state index is 0.162. The van der Waals surface area contributed by atoms with E-state index >= 15 is 4.57 Å². The fraction of sp³-hybridized carbons (Fsp3) is 0.111. The number of methoxy groups -OCH3 is 2. The molecule has 0 unspecified atom stereocenters. The molecular weight excluding hydrogens is 419 g/mol. The van der Waals surface area contributed by atoms with Crippen LogP contribution in [0.1, 0.15) is 5.56 Å². The predicted octanol–water partition coefficient (Wildman–Crippen LogP) is 4.50. The lowest BCUT2D eigenvalue weighted by Crippen LogP contribution is -2.27. The predicted molar refractivity (Wildman–Crippen MR) is 130 cm³/mol. The summed E-state index contributed by atoms with van der Waals surface area (Å²) in [7, 11) is -0.172. The van der Waals surface area contributed by atoms with Gasteiger partial charge >= 0.3 is 0 Å². The summed E-state index contributed by atoms with van der Waals surface area (Å²) in [4.78, 5) is 0. The number of hydrogen-bond donors (Lipinski definition) is 1. The van der Waals surface area contributed by atoms with Gasteiger partial charge in [-0.3, -0.25) is 0 Å². The second-order valence-corrected chi connectivity index (χ2v) is 9.98. The van der Waals surface area contributed by atoms with Crippen LogP contribution in [0.5, 0.6) is 11.5 Å². The molecule has 4 nitrogen and oxygen atoms in total. The zero-order valence-electron chi connectivity index (χ0n) is 18.1. The first-order valence-electron chi connectivity index (χ1n) is 10.3. The van der Waals surface area contributed by atoms with Gasteiger partial charge in [0.15, 0.2) is 7.14 Å².